The third kappa shape index (κ3) is 8.93. The van der Waals surface area contributed by atoms with E-state index in [0.717, 1.165) is 19.5 Å². The number of hydrogen-bond acceptors (Lipinski definition) is 2. The Labute approximate surface area is 146 Å². The lowest BCUT2D eigenvalue weighted by atomic mass is 10.1. The Morgan fingerprint density at radius 3 is 2.38 bits per heavy atom. The highest BCUT2D eigenvalue weighted by Gasteiger charge is 2.12. The van der Waals surface area contributed by atoms with E-state index in [-0.39, 0.29) is 24.0 Å². The molecule has 1 unspecified atom stereocenters. The summed E-state index contributed by atoms with van der Waals surface area (Å²) in [5.41, 5.74) is 7.22. The van der Waals surface area contributed by atoms with Gasteiger partial charge in [-0.1, -0.05) is 44.2 Å². The Bertz CT molecular complexity index is 404. The van der Waals surface area contributed by atoms with Crippen molar-refractivity contribution in [1.82, 2.24) is 10.2 Å². The average molecular weight is 404 g/mol. The van der Waals surface area contributed by atoms with Crippen molar-refractivity contribution in [1.29, 1.82) is 0 Å². The summed E-state index contributed by atoms with van der Waals surface area (Å²) in [7, 11) is 4.19. The normalized spacial score (nSPS) is 13.1. The lowest BCUT2D eigenvalue weighted by Crippen LogP contribution is -2.44. The van der Waals surface area contributed by atoms with Crippen LogP contribution in [-0.2, 0) is 6.42 Å². The topological polar surface area (TPSA) is 53.6 Å². The van der Waals surface area contributed by atoms with Crippen LogP contribution in [0.5, 0.6) is 0 Å². The number of nitrogens with one attached hydrogen (secondary N) is 1. The molecule has 0 spiro atoms. The second kappa shape index (κ2) is 10.8. The molecule has 0 amide bonds. The Kier molecular flexibility index (Phi) is 10.4. The summed E-state index contributed by atoms with van der Waals surface area (Å²) in [5.74, 6) is 1.07. The quantitative estimate of drug-likeness (QED) is 0.417. The Morgan fingerprint density at radius 2 is 1.86 bits per heavy atom. The summed E-state index contributed by atoms with van der Waals surface area (Å²) in [6.07, 6.45) is 0.998. The van der Waals surface area contributed by atoms with Gasteiger partial charge in [-0.25, -0.2) is 0 Å². The van der Waals surface area contributed by atoms with Crippen LogP contribution in [0.1, 0.15) is 19.4 Å². The van der Waals surface area contributed by atoms with Crippen molar-refractivity contribution < 1.29 is 0 Å². The third-order valence-electron chi connectivity index (χ3n) is 3.19. The summed E-state index contributed by atoms with van der Waals surface area (Å²) >= 11 is 0. The van der Waals surface area contributed by atoms with Crippen LogP contribution in [0.4, 0.5) is 0 Å². The highest BCUT2D eigenvalue weighted by atomic mass is 127. The van der Waals surface area contributed by atoms with E-state index in [0.29, 0.717) is 17.9 Å². The minimum atomic E-state index is 0. The number of guanidine groups is 1. The zero-order valence-electron chi connectivity index (χ0n) is 13.5. The van der Waals surface area contributed by atoms with Gasteiger partial charge in [0.15, 0.2) is 5.96 Å². The predicted molar refractivity (Wildman–Crippen MR) is 102 cm³/mol. The Morgan fingerprint density at radius 1 is 1.24 bits per heavy atom. The van der Waals surface area contributed by atoms with Crippen molar-refractivity contribution in [2.45, 2.75) is 26.3 Å². The molecule has 0 saturated carbocycles. The molecule has 0 bridgehead atoms. The van der Waals surface area contributed by atoms with Crippen molar-refractivity contribution in [3.63, 3.8) is 0 Å². The maximum Gasteiger partial charge on any atom is 0.188 e. The van der Waals surface area contributed by atoms with Gasteiger partial charge in [-0.05, 0) is 32.0 Å². The average Bonchev–Trinajstić information content (AvgIpc) is 2.42. The van der Waals surface area contributed by atoms with Crippen molar-refractivity contribution in [2.24, 2.45) is 16.6 Å². The van der Waals surface area contributed by atoms with Crippen molar-refractivity contribution >= 4 is 29.9 Å². The van der Waals surface area contributed by atoms with Crippen molar-refractivity contribution in [3.05, 3.63) is 35.9 Å². The fourth-order valence-corrected chi connectivity index (χ4v) is 1.88. The van der Waals surface area contributed by atoms with Gasteiger partial charge in [0.25, 0.3) is 0 Å². The molecule has 3 N–H and O–H groups in total. The molecular weight excluding hydrogens is 375 g/mol. The summed E-state index contributed by atoms with van der Waals surface area (Å²) in [6, 6.07) is 10.9. The molecule has 0 aliphatic carbocycles. The lowest BCUT2D eigenvalue weighted by Gasteiger charge is -2.25. The Hall–Kier alpha value is -0.820. The predicted octanol–water partition coefficient (Wildman–Crippen LogP) is 2.34. The van der Waals surface area contributed by atoms with Crippen LogP contribution >= 0.6 is 24.0 Å². The van der Waals surface area contributed by atoms with Gasteiger partial charge in [0, 0.05) is 19.1 Å². The first-order chi connectivity index (χ1) is 9.49. The molecule has 1 aromatic rings. The molecule has 21 heavy (non-hydrogen) atoms. The van der Waals surface area contributed by atoms with E-state index >= 15 is 0 Å². The molecular formula is C16H29IN4. The van der Waals surface area contributed by atoms with Gasteiger partial charge in [-0.2, -0.15) is 0 Å². The molecule has 0 radical (unpaired) electrons. The van der Waals surface area contributed by atoms with Crippen LogP contribution in [-0.4, -0.2) is 44.1 Å². The van der Waals surface area contributed by atoms with Crippen molar-refractivity contribution in [3.8, 4) is 0 Å². The van der Waals surface area contributed by atoms with E-state index in [4.69, 9.17) is 5.73 Å². The number of hydrogen-bond donors (Lipinski definition) is 2. The molecule has 0 saturated heterocycles. The Balaban J connectivity index is 0.00000400. The molecule has 1 atom stereocenters. The van der Waals surface area contributed by atoms with E-state index in [2.05, 4.69) is 67.4 Å². The standard InChI is InChI=1S/C16H28N4.HI/c1-13(2)11-18-16(17)19-12-15(20(3)4)10-14-8-6-5-7-9-14;/h5-9,13,15H,10-12H2,1-4H3,(H3,17,18,19);1H. The number of nitrogens with two attached hydrogens (primary N) is 1. The SMILES string of the molecule is CC(C)CN=C(N)NCC(Cc1ccccc1)N(C)C.I. The molecule has 1 aromatic carbocycles. The maximum absolute atomic E-state index is 5.88. The van der Waals surface area contributed by atoms with Gasteiger partial charge in [-0.3, -0.25) is 4.99 Å². The van der Waals surface area contributed by atoms with Gasteiger partial charge in [0.1, 0.15) is 0 Å². The van der Waals surface area contributed by atoms with Gasteiger partial charge in [0.2, 0.25) is 0 Å². The van der Waals surface area contributed by atoms with Crippen LogP contribution in [0.2, 0.25) is 0 Å². The zero-order chi connectivity index (χ0) is 15.0. The highest BCUT2D eigenvalue weighted by molar-refractivity contribution is 14.0. The molecule has 4 nitrogen and oxygen atoms in total. The number of nitrogens with zero attached hydrogens (tertiary/aromatic N) is 2. The van der Waals surface area contributed by atoms with Gasteiger partial charge in [-0.15, -0.1) is 24.0 Å². The van der Waals surface area contributed by atoms with Crippen LogP contribution in [0.3, 0.4) is 0 Å². The highest BCUT2D eigenvalue weighted by Crippen LogP contribution is 2.06. The first-order valence-corrected chi connectivity index (χ1v) is 7.23. The number of aliphatic imine (C=N–C) groups is 1. The molecule has 0 fully saturated rings. The van der Waals surface area contributed by atoms with Gasteiger partial charge < -0.3 is 16.0 Å². The number of halogens is 1. The van der Waals surface area contributed by atoms with Crippen LogP contribution in [0.25, 0.3) is 0 Å². The first-order valence-electron chi connectivity index (χ1n) is 7.23. The van der Waals surface area contributed by atoms with E-state index in [1.165, 1.54) is 5.56 Å². The number of rotatable bonds is 7. The third-order valence-corrected chi connectivity index (χ3v) is 3.19. The monoisotopic (exact) mass is 404 g/mol. The van der Waals surface area contributed by atoms with E-state index in [1.54, 1.807) is 0 Å². The lowest BCUT2D eigenvalue weighted by molar-refractivity contribution is 0.290. The molecule has 120 valence electrons. The van der Waals surface area contributed by atoms with E-state index in [1.807, 2.05) is 6.07 Å². The van der Waals surface area contributed by atoms with Crippen molar-refractivity contribution in [2.75, 3.05) is 27.2 Å². The van der Waals surface area contributed by atoms with E-state index in [9.17, 15) is 0 Å². The summed E-state index contributed by atoms with van der Waals surface area (Å²) < 4.78 is 0. The van der Waals surface area contributed by atoms with Crippen LogP contribution in [0, 0.1) is 5.92 Å². The van der Waals surface area contributed by atoms with Crippen LogP contribution < -0.4 is 11.1 Å². The van der Waals surface area contributed by atoms with Gasteiger partial charge >= 0.3 is 0 Å². The molecule has 5 heteroatoms. The molecule has 1 rings (SSSR count). The fraction of sp³-hybridized carbons (Fsp3) is 0.562. The van der Waals surface area contributed by atoms with Crippen LogP contribution in [0.15, 0.2) is 35.3 Å². The molecule has 0 aromatic heterocycles. The minimum absolute atomic E-state index is 0. The zero-order valence-corrected chi connectivity index (χ0v) is 15.9. The molecule has 0 aliphatic rings. The minimum Gasteiger partial charge on any atom is -0.370 e. The maximum atomic E-state index is 5.88. The summed E-state index contributed by atoms with van der Waals surface area (Å²) in [4.78, 5) is 6.54. The largest absolute Gasteiger partial charge is 0.370 e. The second-order valence-electron chi connectivity index (χ2n) is 5.81. The summed E-state index contributed by atoms with van der Waals surface area (Å²) in [6.45, 7) is 5.84. The summed E-state index contributed by atoms with van der Waals surface area (Å²) in [5, 5.41) is 3.23. The number of benzene rings is 1. The first kappa shape index (κ1) is 20.2. The molecule has 0 heterocycles. The number of likely N-dealkylation sites (N-methyl/N-ethyl adjacent to an activating group) is 1. The molecule has 0 aliphatic heterocycles. The fourth-order valence-electron chi connectivity index (χ4n) is 1.88. The van der Waals surface area contributed by atoms with E-state index < -0.39 is 0 Å². The van der Waals surface area contributed by atoms with Gasteiger partial charge in [0.05, 0.1) is 0 Å². The second-order valence-corrected chi connectivity index (χ2v) is 5.81. The smallest absolute Gasteiger partial charge is 0.188 e.